The van der Waals surface area contributed by atoms with Gasteiger partial charge in [-0.1, -0.05) is 111 Å². The molecule has 0 atom stereocenters. The van der Waals surface area contributed by atoms with Gasteiger partial charge in [0, 0.05) is 62.7 Å². The molecule has 0 saturated heterocycles. The molecule has 0 aliphatic rings. The second-order valence-electron chi connectivity index (χ2n) is 12.9. The molecule has 0 unspecified atom stereocenters. The molecule has 5 rings (SSSR count). The first-order valence-electron chi connectivity index (χ1n) is 18.1. The average Bonchev–Trinajstić information content (AvgIpc) is 3.14. The second-order valence-corrected chi connectivity index (χ2v) is 14.7. The van der Waals surface area contributed by atoms with E-state index < -0.39 is 10.0 Å². The van der Waals surface area contributed by atoms with Crippen molar-refractivity contribution in [1.82, 2.24) is 19.7 Å². The molecule has 4 aromatic carbocycles. The van der Waals surface area contributed by atoms with Gasteiger partial charge in [0.1, 0.15) is 0 Å². The quantitative estimate of drug-likeness (QED) is 0.0564. The Hall–Kier alpha value is -4.74. The van der Waals surface area contributed by atoms with Gasteiger partial charge in [-0.15, -0.1) is 0 Å². The lowest BCUT2D eigenvalue weighted by molar-refractivity contribution is 0.573. The summed E-state index contributed by atoms with van der Waals surface area (Å²) in [7, 11) is 0.285. The van der Waals surface area contributed by atoms with Crippen LogP contribution < -0.4 is 25.6 Å². The van der Waals surface area contributed by atoms with E-state index in [1.165, 1.54) is 11.1 Å². The van der Waals surface area contributed by atoms with E-state index in [0.29, 0.717) is 42.4 Å². The third-order valence-corrected chi connectivity index (χ3v) is 10.4. The summed E-state index contributed by atoms with van der Waals surface area (Å²) in [6.45, 7) is 4.76. The van der Waals surface area contributed by atoms with Crippen LogP contribution in [0.2, 0.25) is 0 Å². The maximum absolute atomic E-state index is 13.2. The highest BCUT2D eigenvalue weighted by Crippen LogP contribution is 2.30. The first-order valence-corrected chi connectivity index (χ1v) is 19.6. The van der Waals surface area contributed by atoms with Gasteiger partial charge in [-0.25, -0.2) is 13.1 Å². The molecule has 1 heterocycles. The van der Waals surface area contributed by atoms with Gasteiger partial charge in [-0.05, 0) is 48.9 Å². The molecular weight excluding hydrogens is 657 g/mol. The van der Waals surface area contributed by atoms with Crippen LogP contribution in [-0.2, 0) is 10.0 Å². The van der Waals surface area contributed by atoms with E-state index in [-0.39, 0.29) is 5.92 Å². The molecule has 5 aromatic rings. The highest BCUT2D eigenvalue weighted by atomic mass is 32.2. The van der Waals surface area contributed by atoms with Gasteiger partial charge in [0.2, 0.25) is 27.9 Å². The van der Waals surface area contributed by atoms with Crippen molar-refractivity contribution in [1.29, 1.82) is 0 Å². The Morgan fingerprint density at radius 3 is 1.71 bits per heavy atom. The first kappa shape index (κ1) is 37.5. The first-order chi connectivity index (χ1) is 24.9. The second kappa shape index (κ2) is 19.0. The monoisotopic (exact) mass is 708 g/mol. The van der Waals surface area contributed by atoms with E-state index in [1.54, 1.807) is 12.1 Å². The van der Waals surface area contributed by atoms with Gasteiger partial charge < -0.3 is 20.9 Å². The summed E-state index contributed by atoms with van der Waals surface area (Å²) in [5, 5.41) is 11.8. The molecule has 4 N–H and O–H groups in total. The number of nitrogens with zero attached hydrogens (tertiary/aromatic N) is 4. The number of hydrogen-bond donors (Lipinski definition) is 4. The Kier molecular flexibility index (Phi) is 14.0. The standard InChI is InChI=1S/C40H52N8O2S/c1-4-5-27-41-38-45-39(47-40(46-38)43-30-26-33(31-18-10-8-11-19-31)32-20-12-9-13-21-32)42-28-14-6-7-15-29-44-51(49,50)37-25-17-22-34-35(37)23-16-24-36(34)48(2)3/h8-13,16-25,33,44H,4-7,14-15,26-30H2,1-3H3,(H3,41,42,43,45,46,47). The van der Waals surface area contributed by atoms with Crippen molar-refractivity contribution >= 4 is 44.3 Å². The number of hydrogen-bond acceptors (Lipinski definition) is 9. The molecule has 0 spiro atoms. The number of fused-ring (bicyclic) bond motifs is 1. The summed E-state index contributed by atoms with van der Waals surface area (Å²) in [4.78, 5) is 16.3. The molecule has 1 aromatic heterocycles. The van der Waals surface area contributed by atoms with Crippen LogP contribution in [0.5, 0.6) is 0 Å². The largest absolute Gasteiger partial charge is 0.377 e. The van der Waals surface area contributed by atoms with Crippen LogP contribution in [-0.4, -0.2) is 63.6 Å². The molecule has 0 fully saturated rings. The summed E-state index contributed by atoms with van der Waals surface area (Å²) >= 11 is 0. The number of unbranched alkanes of at least 4 members (excludes halogenated alkanes) is 4. The van der Waals surface area contributed by atoms with Crippen molar-refractivity contribution in [2.75, 3.05) is 61.1 Å². The van der Waals surface area contributed by atoms with Crippen molar-refractivity contribution in [3.63, 3.8) is 0 Å². The Morgan fingerprint density at radius 2 is 1.12 bits per heavy atom. The molecule has 0 saturated carbocycles. The van der Waals surface area contributed by atoms with Gasteiger partial charge in [-0.3, -0.25) is 0 Å². The van der Waals surface area contributed by atoms with Gasteiger partial charge in [-0.2, -0.15) is 15.0 Å². The van der Waals surface area contributed by atoms with Crippen molar-refractivity contribution in [2.24, 2.45) is 0 Å². The van der Waals surface area contributed by atoms with Crippen LogP contribution in [0.1, 0.15) is 68.9 Å². The third-order valence-electron chi connectivity index (χ3n) is 8.88. The normalized spacial score (nSPS) is 11.5. The molecule has 10 nitrogen and oxygen atoms in total. The molecule has 11 heteroatoms. The van der Waals surface area contributed by atoms with Crippen LogP contribution in [0.4, 0.5) is 23.5 Å². The molecular formula is C40H52N8O2S. The number of benzene rings is 4. The maximum Gasteiger partial charge on any atom is 0.241 e. The summed E-state index contributed by atoms with van der Waals surface area (Å²) in [6.07, 6.45) is 6.52. The fourth-order valence-electron chi connectivity index (χ4n) is 6.19. The smallest absolute Gasteiger partial charge is 0.241 e. The highest BCUT2D eigenvalue weighted by molar-refractivity contribution is 7.89. The minimum absolute atomic E-state index is 0.256. The lowest BCUT2D eigenvalue weighted by Crippen LogP contribution is -2.25. The van der Waals surface area contributed by atoms with Crippen molar-refractivity contribution < 1.29 is 8.42 Å². The fraction of sp³-hybridized carbons (Fsp3) is 0.375. The summed E-state index contributed by atoms with van der Waals surface area (Å²) < 4.78 is 29.3. The van der Waals surface area contributed by atoms with Gasteiger partial charge in [0.15, 0.2) is 0 Å². The molecule has 0 aliphatic heterocycles. The lowest BCUT2D eigenvalue weighted by Gasteiger charge is -2.19. The van der Waals surface area contributed by atoms with Crippen LogP contribution in [0.3, 0.4) is 0 Å². The van der Waals surface area contributed by atoms with Crippen LogP contribution >= 0.6 is 0 Å². The zero-order chi connectivity index (χ0) is 35.9. The van der Waals surface area contributed by atoms with Crippen molar-refractivity contribution in [2.45, 2.75) is 62.7 Å². The summed E-state index contributed by atoms with van der Waals surface area (Å²) in [5.41, 5.74) is 3.56. The minimum atomic E-state index is -3.63. The molecule has 270 valence electrons. The Balaban J connectivity index is 1.10. The van der Waals surface area contributed by atoms with E-state index in [2.05, 4.69) is 103 Å². The molecule has 0 amide bonds. The number of rotatable bonds is 21. The van der Waals surface area contributed by atoms with Gasteiger partial charge in [0.05, 0.1) is 4.90 Å². The molecule has 0 radical (unpaired) electrons. The number of aromatic nitrogens is 3. The SMILES string of the molecule is CCCCNc1nc(NCCCCCCNS(=O)(=O)c2cccc3c(N(C)C)cccc23)nc(NCCC(c2ccccc2)c2ccccc2)n1. The Labute approximate surface area is 303 Å². The predicted octanol–water partition coefficient (Wildman–Crippen LogP) is 7.89. The maximum atomic E-state index is 13.2. The number of sulfonamides is 1. The van der Waals surface area contributed by atoms with Gasteiger partial charge in [0.25, 0.3) is 0 Å². The Bertz CT molecular complexity index is 1870. The van der Waals surface area contributed by atoms with Crippen LogP contribution in [0, 0.1) is 0 Å². The minimum Gasteiger partial charge on any atom is -0.377 e. The fourth-order valence-corrected chi connectivity index (χ4v) is 7.49. The van der Waals surface area contributed by atoms with Crippen LogP contribution in [0.15, 0.2) is 102 Å². The zero-order valence-corrected chi connectivity index (χ0v) is 30.9. The zero-order valence-electron chi connectivity index (χ0n) is 30.1. The van der Waals surface area contributed by atoms with Crippen molar-refractivity contribution in [3.8, 4) is 0 Å². The van der Waals surface area contributed by atoms with E-state index in [4.69, 9.17) is 0 Å². The topological polar surface area (TPSA) is 124 Å². The summed E-state index contributed by atoms with van der Waals surface area (Å²) in [5.74, 6) is 1.89. The number of anilines is 4. The van der Waals surface area contributed by atoms with Crippen LogP contribution in [0.25, 0.3) is 10.8 Å². The average molecular weight is 709 g/mol. The van der Waals surface area contributed by atoms with E-state index >= 15 is 0 Å². The van der Waals surface area contributed by atoms with Gasteiger partial charge >= 0.3 is 0 Å². The molecule has 0 aliphatic carbocycles. The third kappa shape index (κ3) is 10.9. The summed E-state index contributed by atoms with van der Waals surface area (Å²) in [6, 6.07) is 32.4. The highest BCUT2D eigenvalue weighted by Gasteiger charge is 2.18. The number of nitrogens with one attached hydrogen (secondary N) is 4. The van der Waals surface area contributed by atoms with E-state index in [1.807, 2.05) is 43.3 Å². The Morgan fingerprint density at radius 1 is 0.588 bits per heavy atom. The molecule has 0 bridgehead atoms. The van der Waals surface area contributed by atoms with E-state index in [0.717, 1.165) is 68.0 Å². The molecule has 51 heavy (non-hydrogen) atoms. The predicted molar refractivity (Wildman–Crippen MR) is 211 cm³/mol. The van der Waals surface area contributed by atoms with Crippen molar-refractivity contribution in [3.05, 3.63) is 108 Å². The lowest BCUT2D eigenvalue weighted by atomic mass is 9.88. The van der Waals surface area contributed by atoms with E-state index in [9.17, 15) is 8.42 Å².